The lowest BCUT2D eigenvalue weighted by Gasteiger charge is -2.14. The van der Waals surface area contributed by atoms with Gasteiger partial charge in [-0.1, -0.05) is 23.7 Å². The van der Waals surface area contributed by atoms with Crippen LogP contribution in [0.25, 0.3) is 16.7 Å². The van der Waals surface area contributed by atoms with E-state index < -0.39 is 11.2 Å². The highest BCUT2D eigenvalue weighted by molar-refractivity contribution is 6.30. The van der Waals surface area contributed by atoms with Gasteiger partial charge in [-0.25, -0.2) is 14.8 Å². The first-order valence-electron chi connectivity index (χ1n) is 10.3. The Morgan fingerprint density at radius 3 is 2.53 bits per heavy atom. The number of pyridine rings is 2. The lowest BCUT2D eigenvalue weighted by Crippen LogP contribution is -2.41. The number of fused-ring (bicyclic) bond motifs is 2. The minimum Gasteiger partial charge on any atom is -0.497 e. The van der Waals surface area contributed by atoms with E-state index in [0.717, 1.165) is 10.1 Å². The Morgan fingerprint density at radius 1 is 0.971 bits per heavy atom. The van der Waals surface area contributed by atoms with Crippen molar-refractivity contribution in [3.63, 3.8) is 0 Å². The van der Waals surface area contributed by atoms with Crippen LogP contribution in [-0.4, -0.2) is 30.6 Å². The molecule has 0 bridgehead atoms. The molecule has 0 aliphatic rings. The molecule has 0 N–H and O–H groups in total. The second-order valence-electron chi connectivity index (χ2n) is 7.64. The lowest BCUT2D eigenvalue weighted by atomic mass is 10.2. The number of benzene rings is 1. The number of rotatable bonds is 5. The summed E-state index contributed by atoms with van der Waals surface area (Å²) in [5.41, 5.74) is 0.404. The third-order valence-corrected chi connectivity index (χ3v) is 5.70. The molecule has 0 aliphatic heterocycles. The summed E-state index contributed by atoms with van der Waals surface area (Å²) in [4.78, 5) is 48.0. The van der Waals surface area contributed by atoms with Gasteiger partial charge < -0.3 is 4.74 Å². The van der Waals surface area contributed by atoms with Crippen molar-refractivity contribution in [2.75, 3.05) is 7.11 Å². The predicted octanol–water partition coefficient (Wildman–Crippen LogP) is 2.32. The average Bonchev–Trinajstić information content (AvgIpc) is 2.85. The average molecular weight is 476 g/mol. The highest BCUT2D eigenvalue weighted by atomic mass is 35.5. The molecule has 0 radical (unpaired) electrons. The van der Waals surface area contributed by atoms with Gasteiger partial charge in [0.25, 0.3) is 11.1 Å². The van der Waals surface area contributed by atoms with Crippen LogP contribution in [-0.2, 0) is 13.1 Å². The van der Waals surface area contributed by atoms with Gasteiger partial charge in [-0.2, -0.15) is 0 Å². The van der Waals surface area contributed by atoms with Gasteiger partial charge in [-0.05, 0) is 42.0 Å². The zero-order chi connectivity index (χ0) is 23.8. The molecule has 0 saturated carbocycles. The van der Waals surface area contributed by atoms with Gasteiger partial charge in [0.1, 0.15) is 17.0 Å². The summed E-state index contributed by atoms with van der Waals surface area (Å²) >= 11 is 5.98. The van der Waals surface area contributed by atoms with Gasteiger partial charge in [0.05, 0.1) is 36.3 Å². The molecule has 0 amide bonds. The van der Waals surface area contributed by atoms with E-state index in [1.165, 1.54) is 27.4 Å². The van der Waals surface area contributed by atoms with E-state index >= 15 is 0 Å². The van der Waals surface area contributed by atoms with Crippen LogP contribution in [0, 0.1) is 0 Å². The Bertz CT molecular complexity index is 1720. The van der Waals surface area contributed by atoms with Crippen molar-refractivity contribution in [2.24, 2.45) is 0 Å². The lowest BCUT2D eigenvalue weighted by molar-refractivity contribution is 0.414. The maximum absolute atomic E-state index is 13.5. The zero-order valence-electron chi connectivity index (χ0n) is 18.0. The topological polar surface area (TPSA) is 100 Å². The summed E-state index contributed by atoms with van der Waals surface area (Å²) in [6, 6.07) is 15.0. The van der Waals surface area contributed by atoms with E-state index in [4.69, 9.17) is 16.3 Å². The van der Waals surface area contributed by atoms with Crippen molar-refractivity contribution in [3.8, 4) is 5.75 Å². The quantitative estimate of drug-likeness (QED) is 0.387. The Kier molecular flexibility index (Phi) is 5.46. The number of methoxy groups -OCH3 is 1. The van der Waals surface area contributed by atoms with E-state index in [2.05, 4.69) is 9.97 Å². The van der Waals surface area contributed by atoms with Crippen molar-refractivity contribution in [3.05, 3.63) is 114 Å². The number of aromatic nitrogens is 5. The van der Waals surface area contributed by atoms with Gasteiger partial charge in [0.15, 0.2) is 0 Å². The van der Waals surface area contributed by atoms with Crippen LogP contribution in [0.3, 0.4) is 0 Å². The minimum absolute atomic E-state index is 0.0381. The van der Waals surface area contributed by atoms with Gasteiger partial charge >= 0.3 is 5.69 Å². The van der Waals surface area contributed by atoms with E-state index in [1.54, 1.807) is 55.6 Å². The van der Waals surface area contributed by atoms with E-state index in [1.807, 2.05) is 0 Å². The third-order valence-electron chi connectivity index (χ3n) is 5.48. The molecule has 5 aromatic rings. The van der Waals surface area contributed by atoms with E-state index in [-0.39, 0.29) is 24.3 Å². The van der Waals surface area contributed by atoms with Crippen molar-refractivity contribution in [2.45, 2.75) is 13.1 Å². The molecule has 1 aromatic carbocycles. The molecule has 0 saturated heterocycles. The van der Waals surface area contributed by atoms with Crippen molar-refractivity contribution in [1.29, 1.82) is 0 Å². The summed E-state index contributed by atoms with van der Waals surface area (Å²) in [7, 11) is 1.57. The second kappa shape index (κ2) is 8.60. The van der Waals surface area contributed by atoms with Crippen LogP contribution in [0.15, 0.2) is 81.4 Å². The van der Waals surface area contributed by atoms with Crippen LogP contribution in [0.5, 0.6) is 5.75 Å². The fraction of sp³-hybridized carbons (Fsp3) is 0.125. The molecular formula is C24H18ClN5O4. The molecule has 5 rings (SSSR count). The predicted molar refractivity (Wildman–Crippen MR) is 128 cm³/mol. The molecule has 170 valence electrons. The Labute approximate surface area is 197 Å². The van der Waals surface area contributed by atoms with Crippen LogP contribution >= 0.6 is 11.6 Å². The first-order valence-corrected chi connectivity index (χ1v) is 10.7. The summed E-state index contributed by atoms with van der Waals surface area (Å²) in [6.45, 7) is 0.0302. The summed E-state index contributed by atoms with van der Waals surface area (Å²) in [6.07, 6.45) is 2.99. The third kappa shape index (κ3) is 3.86. The molecule has 0 spiro atoms. The highest BCUT2D eigenvalue weighted by Gasteiger charge is 2.16. The fourth-order valence-corrected chi connectivity index (χ4v) is 3.97. The van der Waals surface area contributed by atoms with Crippen molar-refractivity contribution >= 4 is 28.3 Å². The van der Waals surface area contributed by atoms with E-state index in [9.17, 15) is 14.4 Å². The monoisotopic (exact) mass is 475 g/mol. The summed E-state index contributed by atoms with van der Waals surface area (Å²) in [5.74, 6) is 0.672. The summed E-state index contributed by atoms with van der Waals surface area (Å²) < 4.78 is 9.01. The smallest absolute Gasteiger partial charge is 0.333 e. The normalized spacial score (nSPS) is 11.2. The SMILES string of the molecule is COc1ccc(Cn2c(=O)c3cccnc3n(Cc3cc(=O)n4cc(Cl)ccc4n3)c2=O)cc1. The molecule has 0 fully saturated rings. The molecule has 4 heterocycles. The minimum atomic E-state index is -0.551. The van der Waals surface area contributed by atoms with Gasteiger partial charge in [-0.15, -0.1) is 0 Å². The maximum atomic E-state index is 13.5. The first-order chi connectivity index (χ1) is 16.4. The van der Waals surface area contributed by atoms with Crippen molar-refractivity contribution < 1.29 is 4.74 Å². The second-order valence-corrected chi connectivity index (χ2v) is 8.08. The largest absolute Gasteiger partial charge is 0.497 e. The zero-order valence-corrected chi connectivity index (χ0v) is 18.8. The first kappa shape index (κ1) is 21.6. The number of nitrogens with zero attached hydrogens (tertiary/aromatic N) is 5. The maximum Gasteiger partial charge on any atom is 0.333 e. The Hall–Kier alpha value is -4.24. The number of ether oxygens (including phenoxy) is 1. The molecule has 9 nitrogen and oxygen atoms in total. The van der Waals surface area contributed by atoms with Gasteiger partial charge in [0, 0.05) is 18.5 Å². The molecule has 0 unspecified atom stereocenters. The highest BCUT2D eigenvalue weighted by Crippen LogP contribution is 2.13. The van der Waals surface area contributed by atoms with Crippen LogP contribution < -0.4 is 21.5 Å². The Morgan fingerprint density at radius 2 is 1.76 bits per heavy atom. The molecule has 4 aromatic heterocycles. The molecule has 0 atom stereocenters. The van der Waals surface area contributed by atoms with Gasteiger partial charge in [0.2, 0.25) is 0 Å². The van der Waals surface area contributed by atoms with Crippen LogP contribution in [0.2, 0.25) is 5.02 Å². The standard InChI is InChI=1S/C24H18ClN5O4/c1-34-18-7-4-15(5-8-18)12-30-23(32)19-3-2-10-26-22(19)29(24(30)33)14-17-11-21(31)28-13-16(25)6-9-20(28)27-17/h2-11,13H,12,14H2,1H3. The fourth-order valence-electron chi connectivity index (χ4n) is 3.81. The molecular weight excluding hydrogens is 458 g/mol. The molecule has 34 heavy (non-hydrogen) atoms. The van der Waals surface area contributed by atoms with Crippen molar-refractivity contribution in [1.82, 2.24) is 23.5 Å². The number of halogens is 1. The van der Waals surface area contributed by atoms with Crippen LogP contribution in [0.4, 0.5) is 0 Å². The summed E-state index contributed by atoms with van der Waals surface area (Å²) in [5, 5.41) is 0.695. The van der Waals surface area contributed by atoms with Gasteiger partial charge in [-0.3, -0.25) is 23.1 Å². The molecule has 10 heteroatoms. The van der Waals surface area contributed by atoms with E-state index in [0.29, 0.717) is 27.5 Å². The van der Waals surface area contributed by atoms with Crippen LogP contribution in [0.1, 0.15) is 11.3 Å². The number of hydrogen-bond donors (Lipinski definition) is 0. The Balaban J connectivity index is 1.65. The molecule has 0 aliphatic carbocycles. The number of hydrogen-bond acceptors (Lipinski definition) is 6.